The molecule has 0 radical (unpaired) electrons. The van der Waals surface area contributed by atoms with Crippen molar-refractivity contribution in [3.05, 3.63) is 22.8 Å². The van der Waals surface area contributed by atoms with Crippen molar-refractivity contribution in [1.82, 2.24) is 4.98 Å². The molecule has 0 atom stereocenters. The third-order valence-corrected chi connectivity index (χ3v) is 1.92. The maximum absolute atomic E-state index is 12.5. The van der Waals surface area contributed by atoms with Gasteiger partial charge in [-0.2, -0.15) is 13.2 Å². The third kappa shape index (κ3) is 3.27. The van der Waals surface area contributed by atoms with E-state index in [1.165, 1.54) is 0 Å². The first-order valence-electron chi connectivity index (χ1n) is 4.42. The molecule has 0 aliphatic heterocycles. The zero-order valence-corrected chi connectivity index (χ0v) is 8.78. The fourth-order valence-corrected chi connectivity index (χ4v) is 1.19. The second kappa shape index (κ2) is 4.70. The fraction of sp³-hybridized carbons (Fsp3) is 0.444. The fourth-order valence-electron chi connectivity index (χ4n) is 1.04. The van der Waals surface area contributed by atoms with Gasteiger partial charge < -0.3 is 5.32 Å². The topological polar surface area (TPSA) is 24.9 Å². The van der Waals surface area contributed by atoms with E-state index in [9.17, 15) is 13.2 Å². The quantitative estimate of drug-likeness (QED) is 0.815. The second-order valence-electron chi connectivity index (χ2n) is 2.95. The number of anilines is 1. The largest absolute Gasteiger partial charge is 0.419 e. The molecule has 15 heavy (non-hydrogen) atoms. The summed E-state index contributed by atoms with van der Waals surface area (Å²) in [4.78, 5) is 3.61. The van der Waals surface area contributed by atoms with Crippen LogP contribution in [0.25, 0.3) is 0 Å². The van der Waals surface area contributed by atoms with E-state index in [2.05, 4.69) is 10.3 Å². The Bertz CT molecular complexity index is 339. The van der Waals surface area contributed by atoms with Crippen molar-refractivity contribution in [3.63, 3.8) is 0 Å². The predicted molar refractivity (Wildman–Crippen MR) is 53.0 cm³/mol. The molecule has 1 rings (SSSR count). The number of hydrogen-bond donors (Lipinski definition) is 1. The predicted octanol–water partition coefficient (Wildman–Crippen LogP) is 3.58. The van der Waals surface area contributed by atoms with Crippen molar-refractivity contribution in [2.24, 2.45) is 0 Å². The number of nitrogens with zero attached hydrogens (tertiary/aromatic N) is 1. The second-order valence-corrected chi connectivity index (χ2v) is 3.34. The maximum atomic E-state index is 12.5. The normalized spacial score (nSPS) is 11.5. The molecule has 0 saturated carbocycles. The molecule has 0 amide bonds. The van der Waals surface area contributed by atoms with Crippen molar-refractivity contribution < 1.29 is 13.2 Å². The summed E-state index contributed by atoms with van der Waals surface area (Å²) in [6.45, 7) is 2.28. The molecule has 0 aliphatic rings. The number of aromatic nitrogens is 1. The highest BCUT2D eigenvalue weighted by Crippen LogP contribution is 2.34. The maximum Gasteiger partial charge on any atom is 0.419 e. The van der Waals surface area contributed by atoms with Crippen LogP contribution < -0.4 is 5.32 Å². The first kappa shape index (κ1) is 12.1. The van der Waals surface area contributed by atoms with E-state index in [0.29, 0.717) is 13.0 Å². The summed E-state index contributed by atoms with van der Waals surface area (Å²) in [5.74, 6) is -0.211. The first-order valence-corrected chi connectivity index (χ1v) is 4.80. The lowest BCUT2D eigenvalue weighted by Crippen LogP contribution is -2.12. The molecule has 0 fully saturated rings. The van der Waals surface area contributed by atoms with Crippen LogP contribution in [-0.4, -0.2) is 11.5 Å². The van der Waals surface area contributed by atoms with Gasteiger partial charge in [-0.1, -0.05) is 18.5 Å². The molecule has 2 nitrogen and oxygen atoms in total. The molecule has 0 bridgehead atoms. The molecule has 6 heteroatoms. The van der Waals surface area contributed by atoms with E-state index in [1.807, 2.05) is 6.92 Å². The molecule has 1 aromatic heterocycles. The zero-order chi connectivity index (χ0) is 11.5. The average Bonchev–Trinajstić information content (AvgIpc) is 2.12. The van der Waals surface area contributed by atoms with Crippen LogP contribution in [0.15, 0.2) is 12.1 Å². The van der Waals surface area contributed by atoms with Gasteiger partial charge in [0.1, 0.15) is 11.0 Å². The summed E-state index contributed by atoms with van der Waals surface area (Å²) in [6, 6.07) is 2.05. The highest BCUT2D eigenvalue weighted by molar-refractivity contribution is 6.29. The molecule has 0 unspecified atom stereocenters. The Morgan fingerprint density at radius 1 is 1.40 bits per heavy atom. The Morgan fingerprint density at radius 2 is 2.07 bits per heavy atom. The Hall–Kier alpha value is -0.970. The van der Waals surface area contributed by atoms with Gasteiger partial charge in [0.15, 0.2) is 0 Å². The van der Waals surface area contributed by atoms with Gasteiger partial charge in [-0.25, -0.2) is 4.98 Å². The van der Waals surface area contributed by atoms with E-state index in [-0.39, 0.29) is 11.0 Å². The summed E-state index contributed by atoms with van der Waals surface area (Å²) >= 11 is 5.53. The van der Waals surface area contributed by atoms with E-state index in [0.717, 1.165) is 12.1 Å². The molecule has 1 N–H and O–H groups in total. The number of halogens is 4. The van der Waals surface area contributed by atoms with Crippen molar-refractivity contribution in [3.8, 4) is 0 Å². The van der Waals surface area contributed by atoms with Gasteiger partial charge in [0, 0.05) is 6.54 Å². The lowest BCUT2D eigenvalue weighted by molar-refractivity contribution is -0.137. The van der Waals surface area contributed by atoms with Crippen molar-refractivity contribution in [2.45, 2.75) is 19.5 Å². The van der Waals surface area contributed by atoms with Crippen molar-refractivity contribution in [1.29, 1.82) is 0 Å². The molecule has 1 heterocycles. The number of hydrogen-bond acceptors (Lipinski definition) is 2. The van der Waals surface area contributed by atoms with Crippen molar-refractivity contribution in [2.75, 3.05) is 11.9 Å². The van der Waals surface area contributed by atoms with Crippen molar-refractivity contribution >= 4 is 17.4 Å². The Kier molecular flexibility index (Phi) is 3.79. The Balaban J connectivity index is 3.03. The van der Waals surface area contributed by atoms with Crippen LogP contribution in [0.4, 0.5) is 19.0 Å². The van der Waals surface area contributed by atoms with Gasteiger partial charge in [0.2, 0.25) is 0 Å². The van der Waals surface area contributed by atoms with Gasteiger partial charge in [0.25, 0.3) is 0 Å². The van der Waals surface area contributed by atoms with Gasteiger partial charge in [0.05, 0.1) is 5.56 Å². The standard InChI is InChI=1S/C9H10ClF3N2/c1-2-5-14-8-6(9(11,12)13)3-4-7(10)15-8/h3-4H,2,5H2,1H3,(H,14,15). The molecule has 1 aromatic rings. The van der Waals surface area contributed by atoms with Crippen LogP contribution in [0.2, 0.25) is 5.15 Å². The number of alkyl halides is 3. The summed E-state index contributed by atoms with van der Waals surface area (Å²) in [7, 11) is 0. The van der Waals surface area contributed by atoms with Gasteiger partial charge >= 0.3 is 6.18 Å². The lowest BCUT2D eigenvalue weighted by Gasteiger charge is -2.12. The van der Waals surface area contributed by atoms with Crippen LogP contribution in [0.1, 0.15) is 18.9 Å². The smallest absolute Gasteiger partial charge is 0.370 e. The summed E-state index contributed by atoms with van der Waals surface area (Å²) in [6.07, 6.45) is -3.70. The molecule has 0 saturated heterocycles. The Labute approximate surface area is 90.5 Å². The average molecular weight is 239 g/mol. The van der Waals surface area contributed by atoms with E-state index in [4.69, 9.17) is 11.6 Å². The monoisotopic (exact) mass is 238 g/mol. The minimum absolute atomic E-state index is 0.0432. The molecular weight excluding hydrogens is 229 g/mol. The molecule has 0 aliphatic carbocycles. The minimum Gasteiger partial charge on any atom is -0.370 e. The number of nitrogens with one attached hydrogen (secondary N) is 1. The number of rotatable bonds is 3. The number of pyridine rings is 1. The zero-order valence-electron chi connectivity index (χ0n) is 8.03. The summed E-state index contributed by atoms with van der Waals surface area (Å²) in [5, 5.41) is 2.64. The summed E-state index contributed by atoms with van der Waals surface area (Å²) in [5.41, 5.74) is -0.791. The van der Waals surface area contributed by atoms with E-state index >= 15 is 0 Å². The van der Waals surface area contributed by atoms with Crippen LogP contribution >= 0.6 is 11.6 Å². The van der Waals surface area contributed by atoms with Gasteiger partial charge in [-0.3, -0.25) is 0 Å². The van der Waals surface area contributed by atoms with Crippen LogP contribution in [0.3, 0.4) is 0 Å². The Morgan fingerprint density at radius 3 is 2.60 bits per heavy atom. The highest BCUT2D eigenvalue weighted by atomic mass is 35.5. The lowest BCUT2D eigenvalue weighted by atomic mass is 10.2. The third-order valence-electron chi connectivity index (χ3n) is 1.71. The van der Waals surface area contributed by atoms with Gasteiger partial charge in [-0.05, 0) is 18.6 Å². The molecule has 0 aromatic carbocycles. The minimum atomic E-state index is -4.41. The SMILES string of the molecule is CCCNc1nc(Cl)ccc1C(F)(F)F. The molecule has 84 valence electrons. The first-order chi connectivity index (χ1) is 6.95. The molecular formula is C9H10ClF3N2. The van der Waals surface area contributed by atoms with E-state index < -0.39 is 11.7 Å². The van der Waals surface area contributed by atoms with E-state index in [1.54, 1.807) is 0 Å². The van der Waals surface area contributed by atoms with Gasteiger partial charge in [-0.15, -0.1) is 0 Å². The van der Waals surface area contributed by atoms with Crippen LogP contribution in [0.5, 0.6) is 0 Å². The van der Waals surface area contributed by atoms with Crippen LogP contribution in [0, 0.1) is 0 Å². The molecule has 0 spiro atoms. The highest BCUT2D eigenvalue weighted by Gasteiger charge is 2.34. The summed E-state index contributed by atoms with van der Waals surface area (Å²) < 4.78 is 37.5. The van der Waals surface area contributed by atoms with Crippen LogP contribution in [-0.2, 0) is 6.18 Å².